The van der Waals surface area contributed by atoms with Crippen molar-refractivity contribution in [2.75, 3.05) is 0 Å². The Balaban J connectivity index is 1.74. The number of carbonyl (C=O) groups excluding carboxylic acids is 3. The lowest BCUT2D eigenvalue weighted by Crippen LogP contribution is -2.47. The number of nitrogens with two attached hydrogens (primary N) is 1. The van der Waals surface area contributed by atoms with Gasteiger partial charge in [-0.15, -0.1) is 0 Å². The van der Waals surface area contributed by atoms with Crippen LogP contribution in [0.1, 0.15) is 51.8 Å². The molecule has 1 aliphatic carbocycles. The maximum atomic E-state index is 14.2. The molecular weight excluding hydrogens is 479 g/mol. The zero-order valence-corrected chi connectivity index (χ0v) is 20.5. The number of nitrogens with zero attached hydrogens (tertiary/aromatic N) is 1. The number of carbonyl (C=O) groups is 3. The van der Waals surface area contributed by atoms with E-state index in [4.69, 9.17) is 17.3 Å². The molecule has 36 heavy (non-hydrogen) atoms. The highest BCUT2D eigenvalue weighted by Gasteiger charge is 2.58. The molecule has 2 amide bonds. The Morgan fingerprint density at radius 2 is 1.58 bits per heavy atom. The maximum Gasteiger partial charge on any atom is 0.240 e. The standard InChI is InChI=1S/C29H26ClFN2O3/c1-16-3-2-4-20(15-16)27(34)24-23(17-9-13-22(31)14-10-17)26(28(32)35)33(29(36)19-5-6-19)25(24)18-7-11-21(30)12-8-18/h2-4,7-15,19,23-26H,5-6H2,1H3,(H2,32,35). The van der Waals surface area contributed by atoms with Crippen molar-refractivity contribution in [2.24, 2.45) is 17.6 Å². The van der Waals surface area contributed by atoms with Crippen molar-refractivity contribution in [3.63, 3.8) is 0 Å². The Morgan fingerprint density at radius 1 is 0.944 bits per heavy atom. The second kappa shape index (κ2) is 9.51. The molecule has 5 rings (SSSR count). The molecule has 1 heterocycles. The van der Waals surface area contributed by atoms with E-state index in [0.29, 0.717) is 21.7 Å². The van der Waals surface area contributed by atoms with E-state index >= 15 is 0 Å². The SMILES string of the molecule is Cc1cccc(C(=O)C2C(c3ccc(F)cc3)C(C(N)=O)N(C(=O)C3CC3)C2c2ccc(Cl)cc2)c1. The lowest BCUT2D eigenvalue weighted by Gasteiger charge is -2.31. The Bertz CT molecular complexity index is 1320. The van der Waals surface area contributed by atoms with Crippen LogP contribution in [0, 0.1) is 24.6 Å². The molecule has 184 valence electrons. The van der Waals surface area contributed by atoms with E-state index in [-0.39, 0.29) is 17.6 Å². The minimum atomic E-state index is -1.07. The largest absolute Gasteiger partial charge is 0.368 e. The molecule has 3 aromatic carbocycles. The fourth-order valence-electron chi connectivity index (χ4n) is 5.44. The third-order valence-corrected chi connectivity index (χ3v) is 7.46. The van der Waals surface area contributed by atoms with Gasteiger partial charge in [0.15, 0.2) is 5.78 Å². The number of rotatable bonds is 6. The third-order valence-electron chi connectivity index (χ3n) is 7.21. The third kappa shape index (κ3) is 4.42. The molecule has 1 saturated carbocycles. The van der Waals surface area contributed by atoms with Gasteiger partial charge in [0.2, 0.25) is 11.8 Å². The maximum absolute atomic E-state index is 14.2. The first-order chi connectivity index (χ1) is 17.3. The smallest absolute Gasteiger partial charge is 0.240 e. The Morgan fingerprint density at radius 3 is 2.17 bits per heavy atom. The molecule has 0 bridgehead atoms. The molecule has 1 aliphatic heterocycles. The van der Waals surface area contributed by atoms with Crippen LogP contribution in [0.15, 0.2) is 72.8 Å². The predicted octanol–water partition coefficient (Wildman–Crippen LogP) is 5.22. The molecule has 0 radical (unpaired) electrons. The monoisotopic (exact) mass is 504 g/mol. The predicted molar refractivity (Wildman–Crippen MR) is 135 cm³/mol. The molecule has 0 spiro atoms. The highest BCUT2D eigenvalue weighted by atomic mass is 35.5. The van der Waals surface area contributed by atoms with Crippen LogP contribution in [0.3, 0.4) is 0 Å². The summed E-state index contributed by atoms with van der Waals surface area (Å²) in [6, 6.07) is 18.1. The van der Waals surface area contributed by atoms with Crippen molar-refractivity contribution in [3.8, 4) is 0 Å². The van der Waals surface area contributed by atoms with Crippen molar-refractivity contribution in [1.29, 1.82) is 0 Å². The molecular formula is C29H26ClFN2O3. The van der Waals surface area contributed by atoms with Crippen molar-refractivity contribution in [3.05, 3.63) is 106 Å². The van der Waals surface area contributed by atoms with Crippen molar-refractivity contribution in [2.45, 2.75) is 37.8 Å². The van der Waals surface area contributed by atoms with Crippen LogP contribution in [0.2, 0.25) is 5.02 Å². The zero-order chi connectivity index (χ0) is 25.6. The first-order valence-electron chi connectivity index (χ1n) is 12.0. The second-order valence-electron chi connectivity index (χ2n) is 9.70. The van der Waals surface area contributed by atoms with Gasteiger partial charge in [-0.3, -0.25) is 14.4 Å². The van der Waals surface area contributed by atoms with Crippen LogP contribution in [-0.4, -0.2) is 28.5 Å². The lowest BCUT2D eigenvalue weighted by atomic mass is 9.76. The number of ketones is 1. The van der Waals surface area contributed by atoms with E-state index < -0.39 is 35.6 Å². The molecule has 7 heteroatoms. The van der Waals surface area contributed by atoms with Gasteiger partial charge in [-0.25, -0.2) is 4.39 Å². The minimum Gasteiger partial charge on any atom is -0.368 e. The number of hydrogen-bond donors (Lipinski definition) is 1. The number of Topliss-reactive ketones (excluding diaryl/α,β-unsaturated/α-hetero) is 1. The number of benzene rings is 3. The summed E-state index contributed by atoms with van der Waals surface area (Å²) >= 11 is 6.15. The normalized spacial score (nSPS) is 23.5. The van der Waals surface area contributed by atoms with E-state index in [1.807, 2.05) is 13.0 Å². The Hall–Kier alpha value is -3.51. The topological polar surface area (TPSA) is 80.5 Å². The van der Waals surface area contributed by atoms with Crippen LogP contribution in [0.4, 0.5) is 4.39 Å². The average molecular weight is 505 g/mol. The van der Waals surface area contributed by atoms with E-state index in [2.05, 4.69) is 0 Å². The highest BCUT2D eigenvalue weighted by molar-refractivity contribution is 6.30. The van der Waals surface area contributed by atoms with E-state index in [9.17, 15) is 18.8 Å². The molecule has 2 aliphatic rings. The van der Waals surface area contributed by atoms with Crippen molar-refractivity contribution in [1.82, 2.24) is 4.90 Å². The molecule has 2 N–H and O–H groups in total. The van der Waals surface area contributed by atoms with E-state index in [1.54, 1.807) is 54.6 Å². The molecule has 5 nitrogen and oxygen atoms in total. The molecule has 4 atom stereocenters. The number of amides is 2. The number of primary amides is 1. The van der Waals surface area contributed by atoms with Gasteiger partial charge >= 0.3 is 0 Å². The van der Waals surface area contributed by atoms with Gasteiger partial charge < -0.3 is 10.6 Å². The summed E-state index contributed by atoms with van der Waals surface area (Å²) in [7, 11) is 0. The van der Waals surface area contributed by atoms with Gasteiger partial charge in [-0.2, -0.15) is 0 Å². The van der Waals surface area contributed by atoms with Crippen LogP contribution in [0.5, 0.6) is 0 Å². The highest BCUT2D eigenvalue weighted by Crippen LogP contribution is 2.53. The van der Waals surface area contributed by atoms with Crippen molar-refractivity contribution >= 4 is 29.2 Å². The first-order valence-corrected chi connectivity index (χ1v) is 12.4. The van der Waals surface area contributed by atoms with Gasteiger partial charge in [-0.1, -0.05) is 59.6 Å². The summed E-state index contributed by atoms with van der Waals surface area (Å²) in [6.07, 6.45) is 1.46. The molecule has 3 aromatic rings. The first kappa shape index (κ1) is 24.2. The van der Waals surface area contributed by atoms with Gasteiger partial charge in [0, 0.05) is 22.4 Å². The number of hydrogen-bond acceptors (Lipinski definition) is 3. The van der Waals surface area contributed by atoms with Gasteiger partial charge in [-0.05, 0) is 61.2 Å². The quantitative estimate of drug-likeness (QED) is 0.467. The minimum absolute atomic E-state index is 0.189. The zero-order valence-electron chi connectivity index (χ0n) is 19.7. The number of aryl methyl sites for hydroxylation is 1. The molecule has 0 aromatic heterocycles. The van der Waals surface area contributed by atoms with E-state index in [1.165, 1.54) is 17.0 Å². The molecule has 2 fully saturated rings. The van der Waals surface area contributed by atoms with Crippen LogP contribution >= 0.6 is 11.6 Å². The van der Waals surface area contributed by atoms with E-state index in [0.717, 1.165) is 18.4 Å². The Kier molecular flexibility index (Phi) is 6.39. The fraction of sp³-hybridized carbons (Fsp3) is 0.276. The lowest BCUT2D eigenvalue weighted by molar-refractivity contribution is -0.140. The number of halogens is 2. The second-order valence-corrected chi connectivity index (χ2v) is 10.1. The average Bonchev–Trinajstić information content (AvgIpc) is 3.65. The summed E-state index contributed by atoms with van der Waals surface area (Å²) in [6.45, 7) is 1.90. The summed E-state index contributed by atoms with van der Waals surface area (Å²) in [5, 5.41) is 0.514. The fourth-order valence-corrected chi connectivity index (χ4v) is 5.57. The summed E-state index contributed by atoms with van der Waals surface area (Å²) in [5.41, 5.74) is 8.62. The Labute approximate surface area is 214 Å². The molecule has 1 saturated heterocycles. The van der Waals surface area contributed by atoms with Crippen LogP contribution < -0.4 is 5.73 Å². The van der Waals surface area contributed by atoms with Crippen molar-refractivity contribution < 1.29 is 18.8 Å². The van der Waals surface area contributed by atoms with Gasteiger partial charge in [0.05, 0.1) is 12.0 Å². The summed E-state index contributed by atoms with van der Waals surface area (Å²) in [4.78, 5) is 42.5. The van der Waals surface area contributed by atoms with Crippen LogP contribution in [-0.2, 0) is 9.59 Å². The molecule has 4 unspecified atom stereocenters. The number of likely N-dealkylation sites (tertiary alicyclic amines) is 1. The van der Waals surface area contributed by atoms with Crippen LogP contribution in [0.25, 0.3) is 0 Å². The van der Waals surface area contributed by atoms with Gasteiger partial charge in [0.1, 0.15) is 11.9 Å². The summed E-state index contributed by atoms with van der Waals surface area (Å²) in [5.74, 6) is -3.30. The van der Waals surface area contributed by atoms with Gasteiger partial charge in [0.25, 0.3) is 0 Å². The summed E-state index contributed by atoms with van der Waals surface area (Å²) < 4.78 is 13.9.